The third-order valence-corrected chi connectivity index (χ3v) is 26.3. The number of nitrogens with one attached hydrogen (secondary N) is 5. The Morgan fingerprint density at radius 1 is 0.479 bits per heavy atom. The monoisotopic (exact) mass is 2110 g/mol. The highest BCUT2D eigenvalue weighted by atomic mass is 127. The van der Waals surface area contributed by atoms with Crippen molar-refractivity contribution in [2.75, 3.05) is 188 Å². The second-order valence-electron chi connectivity index (χ2n) is 35.3. The number of hydrogen-bond acceptors (Lipinski definition) is 31. The van der Waals surface area contributed by atoms with Gasteiger partial charge in [-0.15, -0.1) is 0 Å². The maximum Gasteiger partial charge on any atom is 0.328 e. The van der Waals surface area contributed by atoms with E-state index in [4.69, 9.17) is 33.8 Å². The molecule has 1 fully saturated rings. The van der Waals surface area contributed by atoms with Crippen molar-refractivity contribution < 1.29 is 146 Å². The van der Waals surface area contributed by atoms with Crippen molar-refractivity contribution in [1.29, 1.82) is 0 Å². The molecule has 0 saturated carbocycles. The molecular weight excluding hydrogens is 1960 g/mol. The van der Waals surface area contributed by atoms with E-state index >= 15 is 0 Å². The summed E-state index contributed by atoms with van der Waals surface area (Å²) in [5.41, 5.74) is 4.36. The molecular formula is C95H145IN13O30P. The molecule has 6 unspecified atom stereocenters. The lowest BCUT2D eigenvalue weighted by Crippen LogP contribution is -2.49. The quantitative estimate of drug-likeness (QED) is 0.00861. The largest absolute Gasteiger partial charge is 0.481 e. The summed E-state index contributed by atoms with van der Waals surface area (Å²) in [5.74, 6) is -11.2. The fourth-order valence-electron chi connectivity index (χ4n) is 16.5. The van der Waals surface area contributed by atoms with Crippen LogP contribution < -0.4 is 31.5 Å². The van der Waals surface area contributed by atoms with Gasteiger partial charge in [-0.3, -0.25) is 102 Å². The minimum atomic E-state index is -4.23. The lowest BCUT2D eigenvalue weighted by atomic mass is 9.87. The van der Waals surface area contributed by atoms with Gasteiger partial charge in [0, 0.05) is 170 Å². The molecule has 45 heteroatoms. The van der Waals surface area contributed by atoms with E-state index in [2.05, 4.69) is 64.2 Å². The number of carboxylic acid groups (broad SMARTS) is 5. The average Bonchev–Trinajstić information content (AvgIpc) is 1.56. The number of amides is 6. The highest BCUT2D eigenvalue weighted by Gasteiger charge is 2.41. The van der Waals surface area contributed by atoms with Crippen LogP contribution in [0.4, 0.5) is 5.69 Å². The average molecular weight is 2110 g/mol. The van der Waals surface area contributed by atoms with E-state index in [0.717, 1.165) is 32.2 Å². The lowest BCUT2D eigenvalue weighted by molar-refractivity contribution is -0.251. The molecule has 3 aliphatic rings. The van der Waals surface area contributed by atoms with Crippen molar-refractivity contribution >= 4 is 119 Å². The zero-order valence-electron chi connectivity index (χ0n) is 80.3. The first-order valence-corrected chi connectivity index (χ1v) is 51.3. The van der Waals surface area contributed by atoms with Gasteiger partial charge in [-0.1, -0.05) is 79.6 Å². The number of para-hydroxylation sites is 1. The molecule has 8 atom stereocenters. The molecule has 6 rings (SSSR count). The molecule has 0 spiro atoms. The van der Waals surface area contributed by atoms with Crippen molar-refractivity contribution in [2.45, 2.75) is 205 Å². The van der Waals surface area contributed by atoms with E-state index in [9.17, 15) is 107 Å². The summed E-state index contributed by atoms with van der Waals surface area (Å²) in [7, 11) is -4.23. The first-order valence-electron chi connectivity index (χ1n) is 48.5. The van der Waals surface area contributed by atoms with Crippen LogP contribution in [0.2, 0.25) is 0 Å². The van der Waals surface area contributed by atoms with Crippen molar-refractivity contribution in [3.63, 3.8) is 0 Å². The maximum absolute atomic E-state index is 14.3. The number of nitrogens with zero attached hydrogens (tertiary/aromatic N) is 8. The summed E-state index contributed by atoms with van der Waals surface area (Å²) in [5, 5.41) is 92.0. The maximum atomic E-state index is 14.3. The fourth-order valence-corrected chi connectivity index (χ4v) is 18.3. The first kappa shape index (κ1) is 119. The standard InChI is InChI=1S/C95H145IN13O30P/c1-2-16-73(94(125)126)68-140(131,132)139-51-13-19-75(67-138-130)100-85(115)34-29-70(66-137-129)59-77(111)20-4-3-10-38-98-84(114)35-30-71(93(124)101-81(95(127)128)24-9-11-39-97-83(113)26-12-17-69-27-31-74(96)32-28-69)60-78(112)37-52-134-54-56-136-58-57-135-55-53-133-50-14-21-76(110)33-36-87(117)108-61-72-18-5-6-22-79(72)92-91(80-23-7-8-25-82(80)108)102-103-109(92)41-15-40-99-86(116)62-104-42-44-105(63-88(118)119)46-48-107(65-90(122)123)49-47-106(45-43-104)64-89(120)121/h5-8,18,22-23,25,27-28,31-32,70-71,73,75,81,91-92,129-130H,2-4,9-17,19-21,24,26,29-30,33-68H2,1H3,(H,97,113)(H,98,114)(H,99,116)(H,100,115)(H,101,124)(H,118,119)(H,120,121)(H,122,123)(H,125,126)(H,127,128)(H,131,132)/t70-,71?,73?,75-,81?,91?,92?/m0/s1. The lowest BCUT2D eigenvalue weighted by Gasteiger charge is -2.35. The van der Waals surface area contributed by atoms with Gasteiger partial charge in [0.2, 0.25) is 35.4 Å². The number of unbranched alkanes of at least 4 members (excludes halogenated alkanes) is 3. The van der Waals surface area contributed by atoms with Crippen molar-refractivity contribution in [3.8, 4) is 0 Å². The van der Waals surface area contributed by atoms with Crippen LogP contribution in [0.3, 0.4) is 0 Å². The molecule has 3 aromatic rings. The zero-order chi connectivity index (χ0) is 102. The minimum Gasteiger partial charge on any atom is -0.481 e. The summed E-state index contributed by atoms with van der Waals surface area (Å²) < 4.78 is 41.4. The SMILES string of the molecule is CCCC(CP(=O)(O)OCCC[C@@H](COO)NC(=O)CC[C@H](COO)CC(=O)CCCCCNC(=O)CCC(CC(=O)CCOCCOCCOCCOCCCC(=O)CCC(=O)N1Cc2ccccc2C2C(N=NN2CCCNC(=O)CN2CCN(CC(=O)O)CCN(CC(=O)O)CCN(CC(=O)O)CC2)c2ccccc21)C(=O)NC(CCCCNC(=O)CCCc1ccc(I)cc1)C(=O)O)C(=O)O. The molecule has 13 N–H and O–H groups in total. The third-order valence-electron chi connectivity index (χ3n) is 24.1. The van der Waals surface area contributed by atoms with E-state index in [0.29, 0.717) is 96.1 Å². The van der Waals surface area contributed by atoms with Gasteiger partial charge in [-0.05, 0) is 153 Å². The molecule has 0 bridgehead atoms. The zero-order valence-corrected chi connectivity index (χ0v) is 83.4. The van der Waals surface area contributed by atoms with Crippen LogP contribution in [0.25, 0.3) is 0 Å². The topological polar surface area (TPSA) is 587 Å². The number of hydrogen-bond donors (Lipinski definition) is 13. The van der Waals surface area contributed by atoms with Gasteiger partial charge in [-0.2, -0.15) is 5.11 Å². The van der Waals surface area contributed by atoms with Crippen LogP contribution in [0.5, 0.6) is 0 Å². The van der Waals surface area contributed by atoms with E-state index < -0.39 is 97.2 Å². The Hall–Kier alpha value is -9.36. The minimum absolute atomic E-state index is 0.0154. The van der Waals surface area contributed by atoms with Crippen molar-refractivity contribution in [1.82, 2.24) is 51.2 Å². The molecule has 3 aromatic carbocycles. The number of Topliss-reactive ketones (excluding diaryl/α,β-unsaturated/α-hetero) is 3. The van der Waals surface area contributed by atoms with Gasteiger partial charge in [0.25, 0.3) is 0 Å². The Morgan fingerprint density at radius 2 is 1.03 bits per heavy atom. The number of carbonyl (C=O) groups excluding carboxylic acids is 9. The van der Waals surface area contributed by atoms with Crippen LogP contribution >= 0.6 is 30.2 Å². The van der Waals surface area contributed by atoms with E-state index in [-0.39, 0.29) is 295 Å². The van der Waals surface area contributed by atoms with Gasteiger partial charge in [0.1, 0.15) is 42.1 Å². The molecule has 43 nitrogen and oxygen atoms in total. The number of aryl methyl sites for hydroxylation is 1. The van der Waals surface area contributed by atoms with Gasteiger partial charge in [0.05, 0.1) is 110 Å². The van der Waals surface area contributed by atoms with E-state index in [1.807, 2.05) is 82.7 Å². The third kappa shape index (κ3) is 50.0. The van der Waals surface area contributed by atoms with E-state index in [1.165, 1.54) is 0 Å². The first-order chi connectivity index (χ1) is 67.3. The number of fused-ring (bicyclic) bond motifs is 5. The summed E-state index contributed by atoms with van der Waals surface area (Å²) >= 11 is 2.23. The van der Waals surface area contributed by atoms with Crippen molar-refractivity contribution in [3.05, 3.63) is 98.6 Å². The molecule has 1 saturated heterocycles. The number of ketones is 3. The van der Waals surface area contributed by atoms with Gasteiger partial charge >= 0.3 is 37.4 Å². The number of rotatable bonds is 74. The Kier molecular flexibility index (Phi) is 58.6. The molecule has 3 aliphatic heterocycles. The van der Waals surface area contributed by atoms with Crippen LogP contribution in [-0.4, -0.2) is 344 Å². The van der Waals surface area contributed by atoms with Gasteiger partial charge in [-0.25, -0.2) is 14.6 Å². The number of ether oxygens (including phenoxy) is 4. The summed E-state index contributed by atoms with van der Waals surface area (Å²) in [6.45, 7) is 5.18. The summed E-state index contributed by atoms with van der Waals surface area (Å²) in [6, 6.07) is 20.4. The number of aliphatic carboxylic acids is 5. The number of anilines is 1. The molecule has 0 aliphatic carbocycles. The molecule has 0 radical (unpaired) electrons. The number of halogens is 1. The van der Waals surface area contributed by atoms with E-state index in [1.54, 1.807) is 26.5 Å². The highest BCUT2D eigenvalue weighted by molar-refractivity contribution is 14.1. The fraction of sp³-hybridized carbons (Fsp3) is 0.663. The number of carbonyl (C=O) groups is 14. The molecule has 3 heterocycles. The molecule has 782 valence electrons. The summed E-state index contributed by atoms with van der Waals surface area (Å²) in [6.07, 6.45) is 5.04. The van der Waals surface area contributed by atoms with Crippen LogP contribution in [-0.2, 0) is 118 Å². The molecule has 6 amide bonds. The molecule has 0 aromatic heterocycles. The van der Waals surface area contributed by atoms with Crippen LogP contribution in [0.15, 0.2) is 83.1 Å². The Labute approximate surface area is 830 Å². The smallest absolute Gasteiger partial charge is 0.328 e. The predicted molar refractivity (Wildman–Crippen MR) is 518 cm³/mol. The van der Waals surface area contributed by atoms with Crippen LogP contribution in [0.1, 0.15) is 202 Å². The predicted octanol–water partition coefficient (Wildman–Crippen LogP) is 7.38. The molecule has 140 heavy (non-hydrogen) atoms. The number of carboxylic acids is 5. The van der Waals surface area contributed by atoms with Crippen molar-refractivity contribution in [2.24, 2.45) is 28.1 Å². The second-order valence-corrected chi connectivity index (χ2v) is 38.5. The Balaban J connectivity index is 0.857. The second kappa shape index (κ2) is 68.8. The van der Waals surface area contributed by atoms with Gasteiger partial charge in [0.15, 0.2) is 0 Å². The highest BCUT2D eigenvalue weighted by Crippen LogP contribution is 2.49. The number of benzene rings is 3. The Morgan fingerprint density at radius 3 is 1.64 bits per heavy atom. The normalized spacial score (nSPS) is 16.5. The Bertz CT molecular complexity index is 4380. The van der Waals surface area contributed by atoms with Gasteiger partial charge < -0.3 is 85.4 Å². The summed E-state index contributed by atoms with van der Waals surface area (Å²) in [4.78, 5) is 207. The van der Waals surface area contributed by atoms with Crippen LogP contribution in [0, 0.1) is 21.3 Å².